The zero-order chi connectivity index (χ0) is 27.9. The van der Waals surface area contributed by atoms with E-state index in [0.29, 0.717) is 31.7 Å². The molecule has 0 radical (unpaired) electrons. The molecule has 0 saturated carbocycles. The Kier molecular flexibility index (Phi) is 6.96. The number of hydrogen-bond donors (Lipinski definition) is 0. The molecule has 0 N–H and O–H groups in total. The average molecular weight is 556 g/mol. The molecule has 40 heavy (non-hydrogen) atoms. The molecular formula is C32H33N3O4S. The second-order valence-electron chi connectivity index (χ2n) is 10.6. The van der Waals surface area contributed by atoms with Gasteiger partial charge in [-0.3, -0.25) is 9.48 Å². The van der Waals surface area contributed by atoms with E-state index in [1.807, 2.05) is 85.5 Å². The molecule has 0 unspecified atom stereocenters. The Morgan fingerprint density at radius 3 is 2.48 bits per heavy atom. The van der Waals surface area contributed by atoms with Crippen LogP contribution in [0.15, 0.2) is 78.9 Å². The van der Waals surface area contributed by atoms with Crippen molar-refractivity contribution >= 4 is 15.7 Å². The normalized spacial score (nSPS) is 19.6. The van der Waals surface area contributed by atoms with E-state index in [2.05, 4.69) is 12.1 Å². The smallest absolute Gasteiger partial charge is 0.273 e. The molecule has 2 atom stereocenters. The van der Waals surface area contributed by atoms with Gasteiger partial charge in [0.25, 0.3) is 5.91 Å². The maximum Gasteiger partial charge on any atom is 0.273 e. The first-order valence-corrected chi connectivity index (χ1v) is 15.6. The lowest BCUT2D eigenvalue weighted by Gasteiger charge is -2.27. The summed E-state index contributed by atoms with van der Waals surface area (Å²) in [4.78, 5) is 16.3. The summed E-state index contributed by atoms with van der Waals surface area (Å²) in [5, 5.41) is 4.99. The minimum atomic E-state index is -3.18. The second kappa shape index (κ2) is 10.6. The highest BCUT2D eigenvalue weighted by molar-refractivity contribution is 7.91. The third-order valence-electron chi connectivity index (χ3n) is 7.84. The Morgan fingerprint density at radius 1 is 1.00 bits per heavy atom. The van der Waals surface area contributed by atoms with Gasteiger partial charge in [-0.1, -0.05) is 72.3 Å². The maximum absolute atomic E-state index is 14.3. The lowest BCUT2D eigenvalue weighted by Crippen LogP contribution is -2.33. The first-order valence-electron chi connectivity index (χ1n) is 13.8. The van der Waals surface area contributed by atoms with E-state index in [9.17, 15) is 13.2 Å². The minimum Gasteiger partial charge on any atom is -0.494 e. The number of aromatic nitrogens is 2. The summed E-state index contributed by atoms with van der Waals surface area (Å²) in [5.74, 6) is 0.733. The number of carbonyl (C=O) groups excluding carboxylic acids is 1. The maximum atomic E-state index is 14.3. The summed E-state index contributed by atoms with van der Waals surface area (Å²) in [7, 11) is -3.18. The fourth-order valence-electron chi connectivity index (χ4n) is 5.90. The molecule has 8 heteroatoms. The van der Waals surface area contributed by atoms with E-state index >= 15 is 0 Å². The van der Waals surface area contributed by atoms with Crippen molar-refractivity contribution in [1.82, 2.24) is 14.7 Å². The Labute approximate surface area is 235 Å². The number of amides is 1. The van der Waals surface area contributed by atoms with E-state index in [-0.39, 0.29) is 29.5 Å². The van der Waals surface area contributed by atoms with Gasteiger partial charge < -0.3 is 9.64 Å². The molecule has 1 fully saturated rings. The second-order valence-corrected chi connectivity index (χ2v) is 12.8. The van der Waals surface area contributed by atoms with Gasteiger partial charge in [0.1, 0.15) is 11.4 Å². The number of hydrogen-bond acceptors (Lipinski definition) is 5. The van der Waals surface area contributed by atoms with E-state index in [4.69, 9.17) is 9.84 Å². The molecule has 1 aromatic heterocycles. The molecule has 1 amide bonds. The number of nitrogens with zero attached hydrogens (tertiary/aromatic N) is 3. The number of benzene rings is 3. The minimum absolute atomic E-state index is 0.00373. The van der Waals surface area contributed by atoms with Gasteiger partial charge >= 0.3 is 0 Å². The molecule has 2 aliphatic rings. The Balaban J connectivity index is 1.52. The van der Waals surface area contributed by atoms with Crippen molar-refractivity contribution in [2.45, 2.75) is 38.8 Å². The van der Waals surface area contributed by atoms with Crippen LogP contribution in [0.4, 0.5) is 0 Å². The van der Waals surface area contributed by atoms with Crippen LogP contribution in [0.1, 0.15) is 58.2 Å². The monoisotopic (exact) mass is 555 g/mol. The third kappa shape index (κ3) is 4.92. The molecule has 0 bridgehead atoms. The quantitative estimate of drug-likeness (QED) is 0.291. The van der Waals surface area contributed by atoms with Crippen LogP contribution in [-0.2, 0) is 16.3 Å². The van der Waals surface area contributed by atoms with Crippen molar-refractivity contribution in [3.05, 3.63) is 107 Å². The molecule has 2 aliphatic heterocycles. The lowest BCUT2D eigenvalue weighted by atomic mass is 9.95. The van der Waals surface area contributed by atoms with Crippen molar-refractivity contribution in [3.63, 3.8) is 0 Å². The van der Waals surface area contributed by atoms with E-state index in [1.165, 1.54) is 0 Å². The first-order chi connectivity index (χ1) is 19.3. The summed E-state index contributed by atoms with van der Waals surface area (Å²) in [6, 6.07) is 25.4. The standard InChI is InChI=1S/C32H33N3O4S/c1-3-39-27-11-7-10-25(20-27)30-28-29(24-14-12-22(2)13-15-24)33-35(26-17-19-40(37,38)21-26)31(28)32(36)34(30)18-16-23-8-5-4-6-9-23/h4-15,20,26,30H,3,16-19,21H2,1-2H3/t26-,30+/m0/s1. The van der Waals surface area contributed by atoms with Crippen LogP contribution < -0.4 is 4.74 Å². The summed E-state index contributed by atoms with van der Waals surface area (Å²) in [5.41, 5.74) is 6.18. The molecule has 3 aromatic carbocycles. The number of sulfone groups is 1. The molecule has 0 aliphatic carbocycles. The van der Waals surface area contributed by atoms with Crippen molar-refractivity contribution in [2.24, 2.45) is 0 Å². The molecule has 6 rings (SSSR count). The van der Waals surface area contributed by atoms with Gasteiger partial charge in [-0.25, -0.2) is 8.42 Å². The molecule has 3 heterocycles. The number of carbonyl (C=O) groups is 1. The van der Waals surface area contributed by atoms with Gasteiger partial charge in [-0.2, -0.15) is 5.10 Å². The number of ether oxygens (including phenoxy) is 1. The predicted octanol–water partition coefficient (Wildman–Crippen LogP) is 5.40. The van der Waals surface area contributed by atoms with Crippen LogP contribution in [0.5, 0.6) is 5.75 Å². The molecule has 0 spiro atoms. The average Bonchev–Trinajstić information content (AvgIpc) is 3.60. The summed E-state index contributed by atoms with van der Waals surface area (Å²) in [6.07, 6.45) is 1.15. The van der Waals surface area contributed by atoms with Crippen molar-refractivity contribution < 1.29 is 17.9 Å². The summed E-state index contributed by atoms with van der Waals surface area (Å²) >= 11 is 0. The van der Waals surface area contributed by atoms with Crippen LogP contribution in [0, 0.1) is 6.92 Å². The van der Waals surface area contributed by atoms with Gasteiger partial charge in [0.05, 0.1) is 35.9 Å². The molecule has 7 nitrogen and oxygen atoms in total. The van der Waals surface area contributed by atoms with Crippen LogP contribution in [-0.4, -0.2) is 53.7 Å². The zero-order valence-corrected chi connectivity index (χ0v) is 23.6. The van der Waals surface area contributed by atoms with Crippen LogP contribution in [0.25, 0.3) is 11.3 Å². The van der Waals surface area contributed by atoms with E-state index in [1.54, 1.807) is 4.68 Å². The zero-order valence-electron chi connectivity index (χ0n) is 22.8. The van der Waals surface area contributed by atoms with Crippen molar-refractivity contribution in [1.29, 1.82) is 0 Å². The van der Waals surface area contributed by atoms with Crippen LogP contribution in [0.3, 0.4) is 0 Å². The Bertz CT molecular complexity index is 1650. The van der Waals surface area contributed by atoms with Gasteiger partial charge in [0.2, 0.25) is 0 Å². The number of aryl methyl sites for hydroxylation is 1. The SMILES string of the molecule is CCOc1cccc([C@@H]2c3c(-c4ccc(C)cc4)nn([C@H]4CCS(=O)(=O)C4)c3C(=O)N2CCc2ccccc2)c1. The third-order valence-corrected chi connectivity index (χ3v) is 9.59. The molecule has 206 valence electrons. The predicted molar refractivity (Wildman–Crippen MR) is 155 cm³/mol. The van der Waals surface area contributed by atoms with Crippen LogP contribution >= 0.6 is 0 Å². The highest BCUT2D eigenvalue weighted by Gasteiger charge is 2.46. The number of fused-ring (bicyclic) bond motifs is 1. The topological polar surface area (TPSA) is 81.5 Å². The number of rotatable bonds is 8. The van der Waals surface area contributed by atoms with E-state index in [0.717, 1.165) is 39.3 Å². The Hall–Kier alpha value is -3.91. The van der Waals surface area contributed by atoms with Gasteiger partial charge in [-0.15, -0.1) is 0 Å². The summed E-state index contributed by atoms with van der Waals surface area (Å²) < 4.78 is 32.5. The van der Waals surface area contributed by atoms with Gasteiger partial charge in [-0.05, 0) is 49.9 Å². The van der Waals surface area contributed by atoms with Crippen LogP contribution in [0.2, 0.25) is 0 Å². The fourth-order valence-corrected chi connectivity index (χ4v) is 7.59. The highest BCUT2D eigenvalue weighted by Crippen LogP contribution is 2.46. The molecule has 1 saturated heterocycles. The fraction of sp³-hybridized carbons (Fsp3) is 0.312. The lowest BCUT2D eigenvalue weighted by molar-refractivity contribution is 0.0738. The van der Waals surface area contributed by atoms with Gasteiger partial charge in [0.15, 0.2) is 9.84 Å². The largest absolute Gasteiger partial charge is 0.494 e. The molecule has 4 aromatic rings. The summed E-state index contributed by atoms with van der Waals surface area (Å²) in [6.45, 7) is 5.04. The first kappa shape index (κ1) is 26.3. The van der Waals surface area contributed by atoms with Crippen molar-refractivity contribution in [2.75, 3.05) is 24.7 Å². The van der Waals surface area contributed by atoms with Gasteiger partial charge in [0, 0.05) is 17.7 Å². The molecular weight excluding hydrogens is 522 g/mol. The van der Waals surface area contributed by atoms with E-state index < -0.39 is 9.84 Å². The highest BCUT2D eigenvalue weighted by atomic mass is 32.2. The van der Waals surface area contributed by atoms with Crippen molar-refractivity contribution in [3.8, 4) is 17.0 Å². The Morgan fingerprint density at radius 2 is 1.77 bits per heavy atom.